The van der Waals surface area contributed by atoms with Crippen molar-refractivity contribution in [3.8, 4) is 0 Å². The number of benzene rings is 1. The molecule has 88 valence electrons. The van der Waals surface area contributed by atoms with Gasteiger partial charge in [0.1, 0.15) is 0 Å². The molecule has 0 bridgehead atoms. The lowest BCUT2D eigenvalue weighted by molar-refractivity contribution is 0.520. The van der Waals surface area contributed by atoms with Gasteiger partial charge >= 0.3 is 0 Å². The molecule has 1 aliphatic carbocycles. The Morgan fingerprint density at radius 3 is 2.71 bits per heavy atom. The highest BCUT2D eigenvalue weighted by Gasteiger charge is 2.18. The molecule has 1 aromatic carbocycles. The molecule has 0 spiro atoms. The molecule has 3 rings (SSSR count). The molecular weight excluding hydrogens is 208 g/mol. The Balaban J connectivity index is 1.97. The van der Waals surface area contributed by atoms with Gasteiger partial charge in [-0.2, -0.15) is 5.10 Å². The number of nitrogens with zero attached hydrogens (tertiary/aromatic N) is 2. The van der Waals surface area contributed by atoms with Crippen molar-refractivity contribution in [2.45, 2.75) is 38.6 Å². The molecule has 0 saturated heterocycles. The minimum atomic E-state index is 0.345. The molecule has 0 N–H and O–H groups in total. The van der Waals surface area contributed by atoms with E-state index in [4.69, 9.17) is 0 Å². The summed E-state index contributed by atoms with van der Waals surface area (Å²) in [6.07, 6.45) is 7.08. The van der Waals surface area contributed by atoms with Gasteiger partial charge in [0, 0.05) is 5.69 Å². The van der Waals surface area contributed by atoms with Gasteiger partial charge < -0.3 is 0 Å². The third kappa shape index (κ3) is 1.88. The molecule has 2 aromatic rings. The largest absolute Gasteiger partial charge is 0.262 e. The van der Waals surface area contributed by atoms with Gasteiger partial charge in [0.15, 0.2) is 0 Å². The van der Waals surface area contributed by atoms with E-state index in [9.17, 15) is 0 Å². The van der Waals surface area contributed by atoms with Crippen molar-refractivity contribution >= 4 is 0 Å². The van der Waals surface area contributed by atoms with Crippen LogP contribution in [0.25, 0.3) is 0 Å². The quantitative estimate of drug-likeness (QED) is 0.767. The summed E-state index contributed by atoms with van der Waals surface area (Å²) in [7, 11) is 0. The van der Waals surface area contributed by atoms with Crippen molar-refractivity contribution in [1.29, 1.82) is 0 Å². The summed E-state index contributed by atoms with van der Waals surface area (Å²) in [6, 6.07) is 11.0. The van der Waals surface area contributed by atoms with E-state index < -0.39 is 0 Å². The van der Waals surface area contributed by atoms with Crippen LogP contribution in [0.5, 0.6) is 0 Å². The molecule has 1 aromatic heterocycles. The van der Waals surface area contributed by atoms with Crippen LogP contribution in [-0.2, 0) is 12.8 Å². The number of rotatable bonds is 2. The van der Waals surface area contributed by atoms with E-state index in [1.54, 1.807) is 0 Å². The molecule has 0 saturated carbocycles. The van der Waals surface area contributed by atoms with Crippen molar-refractivity contribution in [2.24, 2.45) is 0 Å². The number of aryl methyl sites for hydroxylation is 1. The Morgan fingerprint density at radius 1 is 1.12 bits per heavy atom. The Kier molecular flexibility index (Phi) is 2.71. The topological polar surface area (TPSA) is 17.8 Å². The molecule has 0 fully saturated rings. The molecule has 17 heavy (non-hydrogen) atoms. The van der Waals surface area contributed by atoms with E-state index in [2.05, 4.69) is 53.2 Å². The highest BCUT2D eigenvalue weighted by Crippen LogP contribution is 2.26. The Labute approximate surface area is 102 Å². The molecule has 2 nitrogen and oxygen atoms in total. The maximum atomic E-state index is 4.59. The van der Waals surface area contributed by atoms with E-state index >= 15 is 0 Å². The molecule has 0 amide bonds. The predicted molar refractivity (Wildman–Crippen MR) is 69.1 cm³/mol. The lowest BCUT2D eigenvalue weighted by Crippen LogP contribution is -2.14. The maximum absolute atomic E-state index is 4.59. The number of hydrogen-bond donors (Lipinski definition) is 0. The normalized spacial score (nSPS) is 16.5. The van der Waals surface area contributed by atoms with Gasteiger partial charge in [-0.05, 0) is 43.7 Å². The van der Waals surface area contributed by atoms with Crippen LogP contribution in [0.2, 0.25) is 0 Å². The van der Waals surface area contributed by atoms with Crippen LogP contribution in [0.3, 0.4) is 0 Å². The van der Waals surface area contributed by atoms with Crippen molar-refractivity contribution in [3.05, 3.63) is 53.3 Å². The van der Waals surface area contributed by atoms with Crippen LogP contribution in [0.4, 0.5) is 0 Å². The summed E-state index contributed by atoms with van der Waals surface area (Å²) in [5, 5.41) is 4.59. The lowest BCUT2D eigenvalue weighted by Gasteiger charge is -2.19. The number of fused-ring (bicyclic) bond motifs is 1. The maximum Gasteiger partial charge on any atom is 0.0743 e. The fourth-order valence-corrected chi connectivity index (χ4v) is 2.72. The first-order chi connectivity index (χ1) is 8.36. The van der Waals surface area contributed by atoms with E-state index in [-0.39, 0.29) is 0 Å². The van der Waals surface area contributed by atoms with Gasteiger partial charge in [0.25, 0.3) is 0 Å². The second-order valence-corrected chi connectivity index (χ2v) is 4.85. The number of aromatic nitrogens is 2. The molecule has 0 radical (unpaired) electrons. The lowest BCUT2D eigenvalue weighted by atomic mass is 9.97. The molecule has 2 heteroatoms. The van der Waals surface area contributed by atoms with E-state index in [1.165, 1.54) is 42.5 Å². The van der Waals surface area contributed by atoms with Crippen molar-refractivity contribution in [1.82, 2.24) is 9.78 Å². The molecular formula is C15H18N2. The zero-order valence-corrected chi connectivity index (χ0v) is 10.3. The third-order valence-electron chi connectivity index (χ3n) is 3.74. The smallest absolute Gasteiger partial charge is 0.0743 e. The zero-order chi connectivity index (χ0) is 11.7. The first kappa shape index (κ1) is 10.6. The SMILES string of the molecule is CC(c1ccccc1)n1ncc2c1CCCC2. The van der Waals surface area contributed by atoms with Crippen LogP contribution >= 0.6 is 0 Å². The summed E-state index contributed by atoms with van der Waals surface area (Å²) in [4.78, 5) is 0. The van der Waals surface area contributed by atoms with E-state index in [0.717, 1.165) is 0 Å². The van der Waals surface area contributed by atoms with Crippen molar-refractivity contribution in [2.75, 3.05) is 0 Å². The van der Waals surface area contributed by atoms with Crippen LogP contribution < -0.4 is 0 Å². The van der Waals surface area contributed by atoms with Crippen molar-refractivity contribution in [3.63, 3.8) is 0 Å². The first-order valence-electron chi connectivity index (χ1n) is 6.46. The molecule has 0 aliphatic heterocycles. The van der Waals surface area contributed by atoms with Gasteiger partial charge in [-0.3, -0.25) is 4.68 Å². The van der Waals surface area contributed by atoms with Gasteiger partial charge in [-0.15, -0.1) is 0 Å². The fraction of sp³-hybridized carbons (Fsp3) is 0.400. The number of hydrogen-bond acceptors (Lipinski definition) is 1. The predicted octanol–water partition coefficient (Wildman–Crippen LogP) is 3.37. The average molecular weight is 226 g/mol. The van der Waals surface area contributed by atoms with Gasteiger partial charge in [-0.25, -0.2) is 0 Å². The molecule has 1 atom stereocenters. The van der Waals surface area contributed by atoms with Crippen LogP contribution in [0.1, 0.15) is 42.6 Å². The first-order valence-corrected chi connectivity index (χ1v) is 6.46. The minimum Gasteiger partial charge on any atom is -0.262 e. The standard InChI is InChI=1S/C15H18N2/c1-12(13-7-3-2-4-8-13)17-15-10-6-5-9-14(15)11-16-17/h2-4,7-8,11-12H,5-6,9-10H2,1H3. The highest BCUT2D eigenvalue weighted by molar-refractivity contribution is 5.25. The summed E-state index contributed by atoms with van der Waals surface area (Å²) >= 11 is 0. The Morgan fingerprint density at radius 2 is 1.88 bits per heavy atom. The van der Waals surface area contributed by atoms with Gasteiger partial charge in [-0.1, -0.05) is 30.3 Å². The van der Waals surface area contributed by atoms with E-state index in [0.29, 0.717) is 6.04 Å². The van der Waals surface area contributed by atoms with Crippen LogP contribution in [0, 0.1) is 0 Å². The van der Waals surface area contributed by atoms with E-state index in [1.807, 2.05) is 0 Å². The third-order valence-corrected chi connectivity index (χ3v) is 3.74. The zero-order valence-electron chi connectivity index (χ0n) is 10.3. The fourth-order valence-electron chi connectivity index (χ4n) is 2.72. The summed E-state index contributed by atoms with van der Waals surface area (Å²) in [5.41, 5.74) is 4.25. The molecule has 1 aliphatic rings. The monoisotopic (exact) mass is 226 g/mol. The summed E-state index contributed by atoms with van der Waals surface area (Å²) in [6.45, 7) is 2.23. The van der Waals surface area contributed by atoms with Crippen molar-refractivity contribution < 1.29 is 0 Å². The molecule has 1 unspecified atom stereocenters. The van der Waals surface area contributed by atoms with Crippen LogP contribution in [0.15, 0.2) is 36.5 Å². The summed E-state index contributed by atoms with van der Waals surface area (Å²) in [5.74, 6) is 0. The second-order valence-electron chi connectivity index (χ2n) is 4.85. The average Bonchev–Trinajstić information content (AvgIpc) is 2.83. The van der Waals surface area contributed by atoms with Crippen LogP contribution in [-0.4, -0.2) is 9.78 Å². The Hall–Kier alpha value is -1.57. The summed E-state index contributed by atoms with van der Waals surface area (Å²) < 4.78 is 2.21. The Bertz CT molecular complexity index is 499. The molecule has 1 heterocycles. The van der Waals surface area contributed by atoms with Gasteiger partial charge in [0.05, 0.1) is 12.2 Å². The minimum absolute atomic E-state index is 0.345. The van der Waals surface area contributed by atoms with Gasteiger partial charge in [0.2, 0.25) is 0 Å². The highest BCUT2D eigenvalue weighted by atomic mass is 15.3. The second kappa shape index (κ2) is 4.36.